The van der Waals surface area contributed by atoms with E-state index >= 15 is 0 Å². The smallest absolute Gasteiger partial charge is 0.225 e. The molecule has 0 spiro atoms. The zero-order valence-corrected chi connectivity index (χ0v) is 13.9. The van der Waals surface area contributed by atoms with Gasteiger partial charge in [-0.25, -0.2) is 0 Å². The minimum Gasteiger partial charge on any atom is -0.495 e. The van der Waals surface area contributed by atoms with Gasteiger partial charge in [-0.2, -0.15) is 0 Å². The summed E-state index contributed by atoms with van der Waals surface area (Å²) in [6.45, 7) is 5.99. The topological polar surface area (TPSA) is 76.1 Å². The van der Waals surface area contributed by atoms with E-state index in [4.69, 9.17) is 4.74 Å². The van der Waals surface area contributed by atoms with Gasteiger partial charge in [-0.05, 0) is 42.7 Å². The summed E-state index contributed by atoms with van der Waals surface area (Å²) in [4.78, 5) is 11.7. The van der Waals surface area contributed by atoms with E-state index in [0.29, 0.717) is 24.0 Å². The highest BCUT2D eigenvalue weighted by molar-refractivity contribution is 5.89. The fourth-order valence-electron chi connectivity index (χ4n) is 2.09. The Kier molecular flexibility index (Phi) is 5.51. The molecule has 23 heavy (non-hydrogen) atoms. The Labute approximate surface area is 136 Å². The summed E-state index contributed by atoms with van der Waals surface area (Å²) in [6.07, 6.45) is 0.460. The van der Waals surface area contributed by atoms with E-state index in [1.54, 1.807) is 19.2 Å². The number of benzene rings is 1. The van der Waals surface area contributed by atoms with Gasteiger partial charge in [0, 0.05) is 6.42 Å². The van der Waals surface area contributed by atoms with Gasteiger partial charge in [-0.1, -0.05) is 19.9 Å². The summed E-state index contributed by atoms with van der Waals surface area (Å²) < 4.78 is 5.32. The Morgan fingerprint density at radius 1 is 1.17 bits per heavy atom. The molecule has 1 aromatic heterocycles. The van der Waals surface area contributed by atoms with Crippen molar-refractivity contribution in [2.45, 2.75) is 27.2 Å². The number of amides is 1. The number of anilines is 3. The summed E-state index contributed by atoms with van der Waals surface area (Å²) in [5.74, 6) is 1.99. The van der Waals surface area contributed by atoms with Crippen molar-refractivity contribution in [2.75, 3.05) is 17.7 Å². The van der Waals surface area contributed by atoms with Crippen molar-refractivity contribution in [3.05, 3.63) is 35.9 Å². The molecule has 0 aliphatic carbocycles. The number of ether oxygens (including phenoxy) is 1. The Bertz CT molecular complexity index is 669. The van der Waals surface area contributed by atoms with Gasteiger partial charge in [0.05, 0.1) is 12.8 Å². The van der Waals surface area contributed by atoms with Gasteiger partial charge in [0.15, 0.2) is 11.6 Å². The molecule has 6 heteroatoms. The molecule has 2 aromatic rings. The maximum Gasteiger partial charge on any atom is 0.225 e. The Balaban J connectivity index is 2.06. The first-order valence-electron chi connectivity index (χ1n) is 7.53. The highest BCUT2D eigenvalue weighted by Gasteiger charge is 2.08. The molecule has 2 rings (SSSR count). The fourth-order valence-corrected chi connectivity index (χ4v) is 2.09. The van der Waals surface area contributed by atoms with Crippen molar-refractivity contribution in [2.24, 2.45) is 5.92 Å². The third-order valence-corrected chi connectivity index (χ3v) is 3.14. The van der Waals surface area contributed by atoms with Crippen molar-refractivity contribution in [3.63, 3.8) is 0 Å². The minimum atomic E-state index is -0.0598. The molecule has 0 atom stereocenters. The second-order valence-electron chi connectivity index (χ2n) is 5.78. The molecular formula is C17H22N4O2. The molecule has 0 aliphatic heterocycles. The highest BCUT2D eigenvalue weighted by Crippen LogP contribution is 2.27. The molecule has 122 valence electrons. The van der Waals surface area contributed by atoms with E-state index in [0.717, 1.165) is 17.0 Å². The maximum absolute atomic E-state index is 11.7. The van der Waals surface area contributed by atoms with Crippen LogP contribution in [0.25, 0.3) is 0 Å². The van der Waals surface area contributed by atoms with E-state index in [1.165, 1.54) is 0 Å². The van der Waals surface area contributed by atoms with Crippen LogP contribution < -0.4 is 15.4 Å². The largest absolute Gasteiger partial charge is 0.495 e. The molecular weight excluding hydrogens is 292 g/mol. The van der Waals surface area contributed by atoms with Gasteiger partial charge in [0.25, 0.3) is 0 Å². The standard InChI is InChI=1S/C17H22N4O2/c1-11(2)9-17(22)19-16-8-7-15(20-21-16)18-13-10-12(3)5-6-14(13)23-4/h5-8,10-11H,9H2,1-4H3,(H,18,20)(H,19,21,22). The van der Waals surface area contributed by atoms with E-state index in [9.17, 15) is 4.79 Å². The summed E-state index contributed by atoms with van der Waals surface area (Å²) in [6, 6.07) is 9.32. The number of aryl methyl sites for hydroxylation is 1. The third kappa shape index (κ3) is 4.95. The number of aromatic nitrogens is 2. The van der Waals surface area contributed by atoms with Gasteiger partial charge in [-0.15, -0.1) is 10.2 Å². The number of methoxy groups -OCH3 is 1. The lowest BCUT2D eigenvalue weighted by molar-refractivity contribution is -0.116. The molecule has 0 saturated heterocycles. The first-order chi connectivity index (χ1) is 11.0. The minimum absolute atomic E-state index is 0.0598. The van der Waals surface area contributed by atoms with Gasteiger partial charge in [0.2, 0.25) is 5.91 Å². The number of hydrogen-bond acceptors (Lipinski definition) is 5. The van der Waals surface area contributed by atoms with Crippen LogP contribution in [0, 0.1) is 12.8 Å². The van der Waals surface area contributed by atoms with Crippen LogP contribution in [-0.4, -0.2) is 23.2 Å². The molecule has 0 aliphatic rings. The molecule has 0 saturated carbocycles. The third-order valence-electron chi connectivity index (χ3n) is 3.14. The first-order valence-corrected chi connectivity index (χ1v) is 7.53. The number of carbonyl (C=O) groups is 1. The average molecular weight is 314 g/mol. The number of carbonyl (C=O) groups excluding carboxylic acids is 1. The number of nitrogens with one attached hydrogen (secondary N) is 2. The zero-order chi connectivity index (χ0) is 16.8. The summed E-state index contributed by atoms with van der Waals surface area (Å²) in [5.41, 5.74) is 1.93. The Hall–Kier alpha value is -2.63. The molecule has 6 nitrogen and oxygen atoms in total. The molecule has 2 N–H and O–H groups in total. The van der Waals surface area contributed by atoms with Crippen molar-refractivity contribution >= 4 is 23.2 Å². The van der Waals surface area contributed by atoms with Crippen molar-refractivity contribution in [1.29, 1.82) is 0 Å². The summed E-state index contributed by atoms with van der Waals surface area (Å²) in [5, 5.41) is 14.0. The van der Waals surface area contributed by atoms with Gasteiger partial charge >= 0.3 is 0 Å². The molecule has 0 radical (unpaired) electrons. The Morgan fingerprint density at radius 3 is 2.48 bits per heavy atom. The monoisotopic (exact) mass is 314 g/mol. The lowest BCUT2D eigenvalue weighted by Gasteiger charge is -2.11. The normalized spacial score (nSPS) is 10.5. The van der Waals surface area contributed by atoms with Crippen LogP contribution in [0.3, 0.4) is 0 Å². The van der Waals surface area contributed by atoms with Crippen LogP contribution in [0.1, 0.15) is 25.8 Å². The van der Waals surface area contributed by atoms with Gasteiger partial charge < -0.3 is 15.4 Å². The maximum atomic E-state index is 11.7. The second kappa shape index (κ2) is 7.58. The molecule has 1 heterocycles. The molecule has 0 unspecified atom stereocenters. The fraction of sp³-hybridized carbons (Fsp3) is 0.353. The number of nitrogens with zero attached hydrogens (tertiary/aromatic N) is 2. The second-order valence-corrected chi connectivity index (χ2v) is 5.78. The molecule has 0 fully saturated rings. The summed E-state index contributed by atoms with van der Waals surface area (Å²) >= 11 is 0. The van der Waals surface area contributed by atoms with Crippen LogP contribution in [0.4, 0.5) is 17.3 Å². The van der Waals surface area contributed by atoms with E-state index in [-0.39, 0.29) is 5.91 Å². The van der Waals surface area contributed by atoms with Crippen molar-refractivity contribution in [3.8, 4) is 5.75 Å². The molecule has 1 aromatic carbocycles. The predicted molar refractivity (Wildman–Crippen MR) is 91.1 cm³/mol. The lowest BCUT2D eigenvalue weighted by atomic mass is 10.1. The van der Waals surface area contributed by atoms with Crippen molar-refractivity contribution in [1.82, 2.24) is 10.2 Å². The number of rotatable bonds is 6. The highest BCUT2D eigenvalue weighted by atomic mass is 16.5. The van der Waals surface area contributed by atoms with Crippen LogP contribution in [-0.2, 0) is 4.79 Å². The van der Waals surface area contributed by atoms with E-state index in [2.05, 4.69) is 20.8 Å². The summed E-state index contributed by atoms with van der Waals surface area (Å²) in [7, 11) is 1.62. The SMILES string of the molecule is COc1ccc(C)cc1Nc1ccc(NC(=O)CC(C)C)nn1. The zero-order valence-electron chi connectivity index (χ0n) is 13.9. The predicted octanol–water partition coefficient (Wildman–Crippen LogP) is 3.52. The Morgan fingerprint density at radius 2 is 1.87 bits per heavy atom. The van der Waals surface area contributed by atoms with E-state index < -0.39 is 0 Å². The van der Waals surface area contributed by atoms with Crippen LogP contribution in [0.5, 0.6) is 5.75 Å². The lowest BCUT2D eigenvalue weighted by Crippen LogP contribution is -2.15. The quantitative estimate of drug-likeness (QED) is 0.853. The van der Waals surface area contributed by atoms with Crippen LogP contribution >= 0.6 is 0 Å². The van der Waals surface area contributed by atoms with Crippen LogP contribution in [0.2, 0.25) is 0 Å². The first kappa shape index (κ1) is 16.7. The van der Waals surface area contributed by atoms with E-state index in [1.807, 2.05) is 39.0 Å². The van der Waals surface area contributed by atoms with Gasteiger partial charge in [-0.3, -0.25) is 4.79 Å². The molecule has 1 amide bonds. The number of hydrogen-bond donors (Lipinski definition) is 2. The van der Waals surface area contributed by atoms with Crippen LogP contribution in [0.15, 0.2) is 30.3 Å². The van der Waals surface area contributed by atoms with Crippen molar-refractivity contribution < 1.29 is 9.53 Å². The van der Waals surface area contributed by atoms with Gasteiger partial charge in [0.1, 0.15) is 5.75 Å². The molecule has 0 bridgehead atoms. The average Bonchev–Trinajstić information content (AvgIpc) is 2.48.